The van der Waals surface area contributed by atoms with E-state index in [1.807, 2.05) is 6.07 Å². The van der Waals surface area contributed by atoms with E-state index in [4.69, 9.17) is 5.26 Å². The molecule has 3 heterocycles. The first-order valence-corrected chi connectivity index (χ1v) is 6.90. The van der Waals surface area contributed by atoms with Gasteiger partial charge in [0, 0.05) is 24.0 Å². The van der Waals surface area contributed by atoms with Crippen LogP contribution in [0.5, 0.6) is 0 Å². The molecule has 0 aliphatic carbocycles. The fourth-order valence-corrected chi connectivity index (χ4v) is 2.43. The van der Waals surface area contributed by atoms with Crippen LogP contribution in [-0.2, 0) is 0 Å². The summed E-state index contributed by atoms with van der Waals surface area (Å²) in [7, 11) is 0. The molecule has 0 saturated heterocycles. The molecular formula is C14H9N5OS. The lowest BCUT2D eigenvalue weighted by Crippen LogP contribution is -2.16. The summed E-state index contributed by atoms with van der Waals surface area (Å²) in [4.78, 5) is 21.1. The molecule has 0 amide bonds. The first-order chi connectivity index (χ1) is 10.3. The lowest BCUT2D eigenvalue weighted by molar-refractivity contribution is 1.08. The van der Waals surface area contributed by atoms with Crippen LogP contribution in [0.25, 0.3) is 10.5 Å². The SMILES string of the molecule is N#C/C(=C/Nc1cnc2sccn2c1=O)c1ccccn1. The van der Waals surface area contributed by atoms with Crippen molar-refractivity contribution in [2.75, 3.05) is 5.32 Å². The van der Waals surface area contributed by atoms with Crippen LogP contribution >= 0.6 is 11.3 Å². The summed E-state index contributed by atoms with van der Waals surface area (Å²) < 4.78 is 1.45. The van der Waals surface area contributed by atoms with Crippen molar-refractivity contribution in [3.8, 4) is 6.07 Å². The van der Waals surface area contributed by atoms with Crippen LogP contribution in [0.15, 0.2) is 53.2 Å². The predicted octanol–water partition coefficient (Wildman–Crippen LogP) is 2.13. The van der Waals surface area contributed by atoms with Gasteiger partial charge in [-0.1, -0.05) is 6.07 Å². The van der Waals surface area contributed by atoms with Crippen LogP contribution in [0.3, 0.4) is 0 Å². The molecule has 0 radical (unpaired) electrons. The van der Waals surface area contributed by atoms with Gasteiger partial charge in [0.1, 0.15) is 11.8 Å². The zero-order valence-corrected chi connectivity index (χ0v) is 11.5. The average molecular weight is 295 g/mol. The summed E-state index contributed by atoms with van der Waals surface area (Å²) in [6.07, 6.45) is 6.18. The lowest BCUT2D eigenvalue weighted by atomic mass is 10.2. The first kappa shape index (κ1) is 13.0. The molecule has 0 unspecified atom stereocenters. The van der Waals surface area contributed by atoms with Crippen LogP contribution in [0.2, 0.25) is 0 Å². The molecule has 3 aromatic heterocycles. The van der Waals surface area contributed by atoms with Crippen molar-refractivity contribution >= 4 is 27.6 Å². The second-order valence-electron chi connectivity index (χ2n) is 4.06. The largest absolute Gasteiger partial charge is 0.355 e. The summed E-state index contributed by atoms with van der Waals surface area (Å²) in [5.74, 6) is 0. The van der Waals surface area contributed by atoms with E-state index in [-0.39, 0.29) is 5.56 Å². The van der Waals surface area contributed by atoms with Crippen molar-refractivity contribution in [3.05, 3.63) is 64.4 Å². The Morgan fingerprint density at radius 1 is 1.43 bits per heavy atom. The number of aromatic nitrogens is 3. The van der Waals surface area contributed by atoms with E-state index in [1.165, 1.54) is 28.1 Å². The van der Waals surface area contributed by atoms with Crippen molar-refractivity contribution in [2.45, 2.75) is 0 Å². The fourth-order valence-electron chi connectivity index (χ4n) is 1.76. The van der Waals surface area contributed by atoms with Gasteiger partial charge in [0.05, 0.1) is 17.5 Å². The van der Waals surface area contributed by atoms with Gasteiger partial charge in [-0.05, 0) is 12.1 Å². The molecule has 0 fully saturated rings. The van der Waals surface area contributed by atoms with Gasteiger partial charge in [-0.2, -0.15) is 5.26 Å². The Morgan fingerprint density at radius 2 is 2.33 bits per heavy atom. The second kappa shape index (κ2) is 5.56. The molecule has 6 nitrogen and oxygen atoms in total. The van der Waals surface area contributed by atoms with Crippen molar-refractivity contribution in [2.24, 2.45) is 0 Å². The Bertz CT molecular complexity index is 904. The minimum atomic E-state index is -0.212. The number of anilines is 1. The number of nitrogens with one attached hydrogen (secondary N) is 1. The average Bonchev–Trinajstić information content (AvgIpc) is 3.00. The van der Waals surface area contributed by atoms with Gasteiger partial charge >= 0.3 is 0 Å². The standard InChI is InChI=1S/C14H9N5OS/c15-7-10(11-3-1-2-4-16-11)8-17-12-9-18-14-19(13(12)20)5-6-21-14/h1-6,8-9,17H/b10-8-. The van der Waals surface area contributed by atoms with Crippen molar-refractivity contribution in [1.29, 1.82) is 5.26 Å². The summed E-state index contributed by atoms with van der Waals surface area (Å²) in [5, 5.41) is 13.8. The van der Waals surface area contributed by atoms with E-state index in [0.717, 1.165) is 0 Å². The minimum absolute atomic E-state index is 0.212. The van der Waals surface area contributed by atoms with Crippen molar-refractivity contribution < 1.29 is 0 Å². The number of fused-ring (bicyclic) bond motifs is 1. The highest BCUT2D eigenvalue weighted by molar-refractivity contribution is 7.15. The lowest BCUT2D eigenvalue weighted by Gasteiger charge is -2.02. The number of hydrogen-bond acceptors (Lipinski definition) is 6. The van der Waals surface area contributed by atoms with E-state index in [2.05, 4.69) is 15.3 Å². The van der Waals surface area contributed by atoms with E-state index >= 15 is 0 Å². The molecule has 102 valence electrons. The topological polar surface area (TPSA) is 83.1 Å². The smallest absolute Gasteiger partial charge is 0.282 e. The number of rotatable bonds is 3. The quantitative estimate of drug-likeness (QED) is 0.748. The number of pyridine rings is 1. The van der Waals surface area contributed by atoms with Gasteiger partial charge in [-0.25, -0.2) is 4.98 Å². The third-order valence-electron chi connectivity index (χ3n) is 2.78. The molecule has 0 saturated carbocycles. The van der Waals surface area contributed by atoms with Gasteiger partial charge in [0.15, 0.2) is 4.96 Å². The monoisotopic (exact) mass is 295 g/mol. The molecule has 7 heteroatoms. The summed E-state index contributed by atoms with van der Waals surface area (Å²) in [6.45, 7) is 0. The number of nitriles is 1. The molecular weight excluding hydrogens is 286 g/mol. The first-order valence-electron chi connectivity index (χ1n) is 6.02. The Hall–Kier alpha value is -2.98. The van der Waals surface area contributed by atoms with Crippen LogP contribution in [0, 0.1) is 11.3 Å². The second-order valence-corrected chi connectivity index (χ2v) is 4.93. The molecule has 21 heavy (non-hydrogen) atoms. The maximum atomic E-state index is 12.2. The Morgan fingerprint density at radius 3 is 3.10 bits per heavy atom. The van der Waals surface area contributed by atoms with Gasteiger partial charge in [-0.3, -0.25) is 14.2 Å². The predicted molar refractivity (Wildman–Crippen MR) is 80.8 cm³/mol. The summed E-state index contributed by atoms with van der Waals surface area (Å²) in [6, 6.07) is 7.34. The Kier molecular flexibility index (Phi) is 3.45. The maximum absolute atomic E-state index is 12.2. The number of hydrogen-bond donors (Lipinski definition) is 1. The highest BCUT2D eigenvalue weighted by atomic mass is 32.1. The molecule has 0 atom stereocenters. The molecule has 0 bridgehead atoms. The van der Waals surface area contributed by atoms with Crippen LogP contribution in [0.4, 0.5) is 5.69 Å². The van der Waals surface area contributed by atoms with Crippen molar-refractivity contribution in [1.82, 2.24) is 14.4 Å². The highest BCUT2D eigenvalue weighted by Gasteiger charge is 2.05. The molecule has 0 aromatic carbocycles. The van der Waals surface area contributed by atoms with E-state index < -0.39 is 0 Å². The van der Waals surface area contributed by atoms with Gasteiger partial charge in [-0.15, -0.1) is 11.3 Å². The number of allylic oxidation sites excluding steroid dienone is 1. The van der Waals surface area contributed by atoms with Gasteiger partial charge < -0.3 is 5.32 Å². The Balaban J connectivity index is 1.95. The third-order valence-corrected chi connectivity index (χ3v) is 3.55. The van der Waals surface area contributed by atoms with Crippen LogP contribution < -0.4 is 10.9 Å². The van der Waals surface area contributed by atoms with E-state index in [1.54, 1.807) is 36.0 Å². The zero-order valence-electron chi connectivity index (χ0n) is 10.7. The number of thiazole rings is 1. The van der Waals surface area contributed by atoms with Gasteiger partial charge in [0.25, 0.3) is 5.56 Å². The van der Waals surface area contributed by atoms with Crippen molar-refractivity contribution in [3.63, 3.8) is 0 Å². The summed E-state index contributed by atoms with van der Waals surface area (Å²) in [5.41, 5.74) is 0.966. The molecule has 3 aromatic rings. The van der Waals surface area contributed by atoms with E-state index in [9.17, 15) is 4.79 Å². The zero-order chi connectivity index (χ0) is 14.7. The third kappa shape index (κ3) is 2.52. The highest BCUT2D eigenvalue weighted by Crippen LogP contribution is 2.11. The Labute approximate surface area is 123 Å². The fraction of sp³-hybridized carbons (Fsp3) is 0. The molecule has 1 N–H and O–H groups in total. The normalized spacial score (nSPS) is 11.3. The minimum Gasteiger partial charge on any atom is -0.355 e. The van der Waals surface area contributed by atoms with E-state index in [0.29, 0.717) is 21.9 Å². The maximum Gasteiger partial charge on any atom is 0.282 e. The molecule has 0 spiro atoms. The number of nitrogens with zero attached hydrogens (tertiary/aromatic N) is 4. The van der Waals surface area contributed by atoms with Gasteiger partial charge in [0.2, 0.25) is 0 Å². The van der Waals surface area contributed by atoms with Crippen LogP contribution in [0.1, 0.15) is 5.69 Å². The molecule has 0 aliphatic rings. The van der Waals surface area contributed by atoms with Crippen LogP contribution in [-0.4, -0.2) is 14.4 Å². The summed E-state index contributed by atoms with van der Waals surface area (Å²) >= 11 is 1.38. The molecule has 0 aliphatic heterocycles. The molecule has 3 rings (SSSR count).